The van der Waals surface area contributed by atoms with E-state index in [1.807, 2.05) is 12.5 Å². The lowest BCUT2D eigenvalue weighted by Crippen LogP contribution is -2.59. The first-order chi connectivity index (χ1) is 10.9. The van der Waals surface area contributed by atoms with Crippen LogP contribution in [0.4, 0.5) is 0 Å². The Bertz CT molecular complexity index is 576. The summed E-state index contributed by atoms with van der Waals surface area (Å²) in [6, 6.07) is 0. The van der Waals surface area contributed by atoms with Gasteiger partial charge < -0.3 is 9.88 Å². The van der Waals surface area contributed by atoms with Crippen molar-refractivity contribution in [3.8, 4) is 0 Å². The molecule has 0 spiro atoms. The standard InChI is InChI=1S/C19H29N3O/c1-17-8-15-9-18(2,11-17)13-19(10-15,12-17)16(23)21-4-3-6-22-7-5-20-14-22/h5,7,14-15H,3-4,6,8-13H2,1-2H3,(H,21,23)/t15?,17-,18+,19?. The van der Waals surface area contributed by atoms with E-state index < -0.39 is 0 Å². The van der Waals surface area contributed by atoms with E-state index in [2.05, 4.69) is 28.7 Å². The predicted molar refractivity (Wildman–Crippen MR) is 89.7 cm³/mol. The monoisotopic (exact) mass is 315 g/mol. The van der Waals surface area contributed by atoms with E-state index in [1.54, 1.807) is 6.20 Å². The molecule has 1 amide bonds. The molecule has 1 N–H and O–H groups in total. The molecular weight excluding hydrogens is 286 g/mol. The van der Waals surface area contributed by atoms with Gasteiger partial charge in [-0.15, -0.1) is 0 Å². The number of imidazole rings is 1. The number of carbonyl (C=O) groups excluding carboxylic acids is 1. The molecule has 0 aromatic carbocycles. The Kier molecular flexibility index (Phi) is 3.37. The number of carbonyl (C=O) groups is 1. The smallest absolute Gasteiger partial charge is 0.226 e. The summed E-state index contributed by atoms with van der Waals surface area (Å²) in [5.41, 5.74) is 0.739. The Balaban J connectivity index is 1.38. The average molecular weight is 315 g/mol. The molecule has 1 aromatic heterocycles. The maximum absolute atomic E-state index is 13.0. The van der Waals surface area contributed by atoms with Gasteiger partial charge in [-0.1, -0.05) is 13.8 Å². The van der Waals surface area contributed by atoms with Gasteiger partial charge >= 0.3 is 0 Å². The van der Waals surface area contributed by atoms with Crippen molar-refractivity contribution < 1.29 is 4.79 Å². The minimum Gasteiger partial charge on any atom is -0.356 e. The third-order valence-electron chi connectivity index (χ3n) is 6.55. The van der Waals surface area contributed by atoms with Crippen molar-refractivity contribution in [2.75, 3.05) is 6.54 Å². The van der Waals surface area contributed by atoms with Crippen molar-refractivity contribution in [3.05, 3.63) is 18.7 Å². The molecule has 126 valence electrons. The van der Waals surface area contributed by atoms with E-state index in [1.165, 1.54) is 19.3 Å². The molecule has 23 heavy (non-hydrogen) atoms. The molecule has 1 aromatic rings. The molecule has 4 bridgehead atoms. The molecule has 4 saturated carbocycles. The molecule has 1 heterocycles. The quantitative estimate of drug-likeness (QED) is 0.847. The normalized spacial score (nSPS) is 41.2. The maximum atomic E-state index is 13.0. The topological polar surface area (TPSA) is 46.9 Å². The van der Waals surface area contributed by atoms with Crippen molar-refractivity contribution in [2.24, 2.45) is 22.2 Å². The minimum atomic E-state index is -0.0715. The summed E-state index contributed by atoms with van der Waals surface area (Å²) in [4.78, 5) is 17.1. The highest BCUT2D eigenvalue weighted by Crippen LogP contribution is 2.69. The van der Waals surface area contributed by atoms with E-state index in [4.69, 9.17) is 0 Å². The average Bonchev–Trinajstić information content (AvgIpc) is 2.92. The fourth-order valence-electron chi connectivity index (χ4n) is 6.77. The summed E-state index contributed by atoms with van der Waals surface area (Å²) >= 11 is 0. The van der Waals surface area contributed by atoms with Gasteiger partial charge in [0, 0.05) is 25.5 Å². The molecule has 4 aliphatic carbocycles. The van der Waals surface area contributed by atoms with Gasteiger partial charge in [0.1, 0.15) is 0 Å². The Labute approximate surface area is 139 Å². The van der Waals surface area contributed by atoms with Gasteiger partial charge in [-0.3, -0.25) is 4.79 Å². The summed E-state index contributed by atoms with van der Waals surface area (Å²) in [6.45, 7) is 6.55. The lowest BCUT2D eigenvalue weighted by Gasteiger charge is -2.64. The zero-order chi connectivity index (χ0) is 16.1. The van der Waals surface area contributed by atoms with Gasteiger partial charge in [0.25, 0.3) is 0 Å². The summed E-state index contributed by atoms with van der Waals surface area (Å²) in [5, 5.41) is 3.26. The molecular formula is C19H29N3O. The van der Waals surface area contributed by atoms with Crippen LogP contribution in [-0.2, 0) is 11.3 Å². The summed E-state index contributed by atoms with van der Waals surface area (Å²) < 4.78 is 2.07. The van der Waals surface area contributed by atoms with Crippen LogP contribution in [0.25, 0.3) is 0 Å². The Morgan fingerprint density at radius 1 is 1.22 bits per heavy atom. The second kappa shape index (κ2) is 5.09. The lowest BCUT2D eigenvalue weighted by molar-refractivity contribution is -0.170. The second-order valence-corrected chi connectivity index (χ2v) is 9.32. The molecule has 4 nitrogen and oxygen atoms in total. The third kappa shape index (κ3) is 2.70. The Morgan fingerprint density at radius 2 is 1.96 bits per heavy atom. The zero-order valence-corrected chi connectivity index (χ0v) is 14.5. The van der Waals surface area contributed by atoms with Crippen molar-refractivity contribution >= 4 is 5.91 Å². The molecule has 5 rings (SSSR count). The second-order valence-electron chi connectivity index (χ2n) is 9.32. The van der Waals surface area contributed by atoms with E-state index in [0.29, 0.717) is 16.7 Å². The van der Waals surface area contributed by atoms with Gasteiger partial charge in [0.15, 0.2) is 0 Å². The number of hydrogen-bond acceptors (Lipinski definition) is 2. The first kappa shape index (κ1) is 15.2. The molecule has 0 aliphatic heterocycles. The van der Waals surface area contributed by atoms with Crippen molar-refractivity contribution in [1.29, 1.82) is 0 Å². The number of aromatic nitrogens is 2. The number of nitrogens with zero attached hydrogens (tertiary/aromatic N) is 2. The van der Waals surface area contributed by atoms with Crippen molar-refractivity contribution in [1.82, 2.24) is 14.9 Å². The first-order valence-corrected chi connectivity index (χ1v) is 9.15. The largest absolute Gasteiger partial charge is 0.356 e. The SMILES string of the molecule is C[C@]12CC3CC(C(=O)NCCCn4ccnc4)(C1)C[C@@](C)(C3)C2. The van der Waals surface area contributed by atoms with Crippen LogP contribution >= 0.6 is 0 Å². The van der Waals surface area contributed by atoms with Crippen LogP contribution in [0, 0.1) is 22.2 Å². The molecule has 4 aliphatic rings. The van der Waals surface area contributed by atoms with Gasteiger partial charge in [0.05, 0.1) is 11.7 Å². The fraction of sp³-hybridized carbons (Fsp3) is 0.789. The van der Waals surface area contributed by atoms with Gasteiger partial charge in [-0.05, 0) is 61.7 Å². The van der Waals surface area contributed by atoms with Crippen LogP contribution in [-0.4, -0.2) is 22.0 Å². The maximum Gasteiger partial charge on any atom is 0.226 e. The van der Waals surface area contributed by atoms with Gasteiger partial charge in [-0.2, -0.15) is 0 Å². The molecule has 0 radical (unpaired) electrons. The molecule has 4 atom stereocenters. The Hall–Kier alpha value is -1.32. The Morgan fingerprint density at radius 3 is 2.57 bits per heavy atom. The number of amides is 1. The van der Waals surface area contributed by atoms with Crippen LogP contribution in [0.3, 0.4) is 0 Å². The first-order valence-electron chi connectivity index (χ1n) is 9.15. The van der Waals surface area contributed by atoms with Crippen LogP contribution in [0.15, 0.2) is 18.7 Å². The van der Waals surface area contributed by atoms with E-state index in [-0.39, 0.29) is 5.41 Å². The highest BCUT2D eigenvalue weighted by Gasteiger charge is 2.62. The molecule has 0 saturated heterocycles. The summed E-state index contributed by atoms with van der Waals surface area (Å²) in [6.07, 6.45) is 13.9. The van der Waals surface area contributed by atoms with Crippen LogP contribution in [0.5, 0.6) is 0 Å². The summed E-state index contributed by atoms with van der Waals surface area (Å²) in [5.74, 6) is 1.11. The van der Waals surface area contributed by atoms with Crippen molar-refractivity contribution in [2.45, 2.75) is 65.3 Å². The fourth-order valence-corrected chi connectivity index (χ4v) is 6.77. The van der Waals surface area contributed by atoms with Crippen LogP contribution < -0.4 is 5.32 Å². The number of rotatable bonds is 5. The van der Waals surface area contributed by atoms with Crippen molar-refractivity contribution in [3.63, 3.8) is 0 Å². The van der Waals surface area contributed by atoms with E-state index >= 15 is 0 Å². The predicted octanol–water partition coefficient (Wildman–Crippen LogP) is 3.39. The minimum absolute atomic E-state index is 0.0715. The molecule has 4 fully saturated rings. The highest BCUT2D eigenvalue weighted by molar-refractivity contribution is 5.83. The summed E-state index contributed by atoms with van der Waals surface area (Å²) in [7, 11) is 0. The number of hydrogen-bond donors (Lipinski definition) is 1. The number of nitrogens with one attached hydrogen (secondary N) is 1. The van der Waals surface area contributed by atoms with Crippen LogP contribution in [0.1, 0.15) is 58.8 Å². The molecule has 2 unspecified atom stereocenters. The lowest BCUT2D eigenvalue weighted by atomic mass is 9.40. The highest BCUT2D eigenvalue weighted by atomic mass is 16.2. The van der Waals surface area contributed by atoms with E-state index in [0.717, 1.165) is 44.7 Å². The third-order valence-corrected chi connectivity index (χ3v) is 6.55. The molecule has 4 heteroatoms. The van der Waals surface area contributed by atoms with Gasteiger partial charge in [0.2, 0.25) is 5.91 Å². The zero-order valence-electron chi connectivity index (χ0n) is 14.5. The van der Waals surface area contributed by atoms with Gasteiger partial charge in [-0.25, -0.2) is 4.98 Å². The van der Waals surface area contributed by atoms with E-state index in [9.17, 15) is 4.79 Å². The number of aryl methyl sites for hydroxylation is 1. The van der Waals surface area contributed by atoms with Crippen LogP contribution in [0.2, 0.25) is 0 Å².